The summed E-state index contributed by atoms with van der Waals surface area (Å²) in [4.78, 5) is 18.5. The molecule has 6 nitrogen and oxygen atoms in total. The Morgan fingerprint density at radius 3 is 2.41 bits per heavy atom. The Balaban J connectivity index is 1.50. The maximum atomic E-state index is 12.8. The molecule has 138 valence electrons. The number of oxazole rings is 1. The highest BCUT2D eigenvalue weighted by atomic mass is 32.2. The van der Waals surface area contributed by atoms with Gasteiger partial charge in [-0.3, -0.25) is 4.79 Å². The van der Waals surface area contributed by atoms with Crippen molar-refractivity contribution >= 4 is 15.7 Å². The van der Waals surface area contributed by atoms with Crippen LogP contribution in [0.3, 0.4) is 0 Å². The van der Waals surface area contributed by atoms with Crippen molar-refractivity contribution in [2.45, 2.75) is 16.6 Å². The van der Waals surface area contributed by atoms with Gasteiger partial charge >= 0.3 is 5.91 Å². The SMILES string of the molecule is O=C(c1ncc(-c2ccccc2)o1)N1CCC(S(=O)(=O)c2ccccc2)C1. The lowest BCUT2D eigenvalue weighted by Gasteiger charge is -2.15. The highest BCUT2D eigenvalue weighted by molar-refractivity contribution is 7.92. The molecule has 1 atom stereocenters. The van der Waals surface area contributed by atoms with E-state index in [2.05, 4.69) is 4.98 Å². The number of hydrogen-bond donors (Lipinski definition) is 0. The van der Waals surface area contributed by atoms with Gasteiger partial charge in [-0.25, -0.2) is 13.4 Å². The fraction of sp³-hybridized carbons (Fsp3) is 0.200. The molecule has 1 saturated heterocycles. The molecule has 0 bridgehead atoms. The highest BCUT2D eigenvalue weighted by Crippen LogP contribution is 2.26. The first-order chi connectivity index (χ1) is 13.1. The molecule has 1 aliphatic rings. The van der Waals surface area contributed by atoms with Gasteiger partial charge in [-0.15, -0.1) is 0 Å². The minimum atomic E-state index is -3.47. The first-order valence-electron chi connectivity index (χ1n) is 8.65. The number of amides is 1. The maximum Gasteiger partial charge on any atom is 0.309 e. The number of sulfone groups is 1. The summed E-state index contributed by atoms with van der Waals surface area (Å²) in [6.45, 7) is 0.498. The molecular weight excluding hydrogens is 364 g/mol. The van der Waals surface area contributed by atoms with Gasteiger partial charge in [0.15, 0.2) is 15.6 Å². The van der Waals surface area contributed by atoms with Crippen molar-refractivity contribution < 1.29 is 17.6 Å². The van der Waals surface area contributed by atoms with Gasteiger partial charge in [0.05, 0.1) is 16.3 Å². The number of benzene rings is 2. The largest absolute Gasteiger partial charge is 0.432 e. The van der Waals surface area contributed by atoms with E-state index in [9.17, 15) is 13.2 Å². The zero-order valence-electron chi connectivity index (χ0n) is 14.5. The Bertz CT molecular complexity index is 1050. The molecule has 2 aromatic carbocycles. The van der Waals surface area contributed by atoms with Crippen LogP contribution < -0.4 is 0 Å². The number of aromatic nitrogens is 1. The topological polar surface area (TPSA) is 80.5 Å². The summed E-state index contributed by atoms with van der Waals surface area (Å²) in [5.74, 6) is 0.0983. The lowest BCUT2D eigenvalue weighted by atomic mass is 10.2. The van der Waals surface area contributed by atoms with Crippen LogP contribution in [0.4, 0.5) is 0 Å². The molecule has 0 radical (unpaired) electrons. The zero-order chi connectivity index (χ0) is 18.9. The molecule has 7 heteroatoms. The molecule has 27 heavy (non-hydrogen) atoms. The number of hydrogen-bond acceptors (Lipinski definition) is 5. The van der Waals surface area contributed by atoms with Crippen LogP contribution in [0.5, 0.6) is 0 Å². The minimum Gasteiger partial charge on any atom is -0.432 e. The van der Waals surface area contributed by atoms with Crippen molar-refractivity contribution in [3.8, 4) is 11.3 Å². The molecule has 0 aliphatic carbocycles. The van der Waals surface area contributed by atoms with E-state index in [4.69, 9.17) is 4.42 Å². The lowest BCUT2D eigenvalue weighted by Crippen LogP contribution is -2.32. The first kappa shape index (κ1) is 17.5. The number of rotatable bonds is 4. The Labute approximate surface area is 157 Å². The smallest absolute Gasteiger partial charge is 0.309 e. The predicted molar refractivity (Wildman–Crippen MR) is 99.9 cm³/mol. The van der Waals surface area contributed by atoms with Crippen LogP contribution >= 0.6 is 0 Å². The van der Waals surface area contributed by atoms with Gasteiger partial charge in [0.2, 0.25) is 0 Å². The second-order valence-corrected chi connectivity index (χ2v) is 8.64. The van der Waals surface area contributed by atoms with Gasteiger partial charge in [-0.05, 0) is 18.6 Å². The molecule has 4 rings (SSSR count). The standard InChI is InChI=1S/C20H18N2O4S/c23-20(19-21-13-18(26-19)15-7-3-1-4-8-15)22-12-11-17(14-22)27(24,25)16-9-5-2-6-10-16/h1-10,13,17H,11-12,14H2. The van der Waals surface area contributed by atoms with Crippen molar-refractivity contribution in [1.82, 2.24) is 9.88 Å². The number of carbonyl (C=O) groups is 1. The predicted octanol–water partition coefficient (Wildman–Crippen LogP) is 3.03. The van der Waals surface area contributed by atoms with Crippen LogP contribution in [0.25, 0.3) is 11.3 Å². The zero-order valence-corrected chi connectivity index (χ0v) is 15.3. The van der Waals surface area contributed by atoms with E-state index >= 15 is 0 Å². The Hall–Kier alpha value is -2.93. The lowest BCUT2D eigenvalue weighted by molar-refractivity contribution is 0.0754. The Morgan fingerprint density at radius 1 is 1.04 bits per heavy atom. The van der Waals surface area contributed by atoms with Gasteiger partial charge in [0, 0.05) is 18.7 Å². The molecule has 1 amide bonds. The van der Waals surface area contributed by atoms with E-state index in [1.165, 1.54) is 11.1 Å². The third-order valence-corrected chi connectivity index (χ3v) is 6.88. The normalized spacial score (nSPS) is 17.2. The molecular formula is C20H18N2O4S. The molecule has 2 heterocycles. The molecule has 1 aliphatic heterocycles. The van der Waals surface area contributed by atoms with Crippen LogP contribution in [0.1, 0.15) is 17.1 Å². The van der Waals surface area contributed by atoms with Crippen molar-refractivity contribution in [2.24, 2.45) is 0 Å². The summed E-state index contributed by atoms with van der Waals surface area (Å²) in [6, 6.07) is 17.7. The van der Waals surface area contributed by atoms with Gasteiger partial charge < -0.3 is 9.32 Å². The van der Waals surface area contributed by atoms with E-state index in [1.807, 2.05) is 30.3 Å². The van der Waals surface area contributed by atoms with Crippen LogP contribution in [0.2, 0.25) is 0 Å². The second-order valence-electron chi connectivity index (χ2n) is 6.42. The first-order valence-corrected chi connectivity index (χ1v) is 10.2. The van der Waals surface area contributed by atoms with E-state index < -0.39 is 15.1 Å². The van der Waals surface area contributed by atoms with E-state index in [0.29, 0.717) is 18.7 Å². The highest BCUT2D eigenvalue weighted by Gasteiger charge is 2.37. The quantitative estimate of drug-likeness (QED) is 0.693. The summed E-state index contributed by atoms with van der Waals surface area (Å²) in [5, 5.41) is -0.618. The molecule has 1 aromatic heterocycles. The van der Waals surface area contributed by atoms with Crippen LogP contribution in [-0.4, -0.2) is 42.5 Å². The summed E-state index contributed by atoms with van der Waals surface area (Å²) in [7, 11) is -3.47. The van der Waals surface area contributed by atoms with Crippen LogP contribution in [0, 0.1) is 0 Å². The van der Waals surface area contributed by atoms with Gasteiger partial charge in [-0.1, -0.05) is 48.5 Å². The summed E-state index contributed by atoms with van der Waals surface area (Å²) < 4.78 is 31.1. The average Bonchev–Trinajstić information content (AvgIpc) is 3.39. The van der Waals surface area contributed by atoms with Crippen LogP contribution in [0.15, 0.2) is 76.2 Å². The average molecular weight is 382 g/mol. The Morgan fingerprint density at radius 2 is 1.70 bits per heavy atom. The third-order valence-electron chi connectivity index (χ3n) is 4.69. The molecule has 0 spiro atoms. The fourth-order valence-corrected chi connectivity index (χ4v) is 4.93. The third kappa shape index (κ3) is 3.38. The van der Waals surface area contributed by atoms with Gasteiger partial charge in [-0.2, -0.15) is 0 Å². The molecule has 1 unspecified atom stereocenters. The van der Waals surface area contributed by atoms with E-state index in [-0.39, 0.29) is 23.2 Å². The van der Waals surface area contributed by atoms with Crippen molar-refractivity contribution in [3.05, 3.63) is 72.8 Å². The molecule has 0 saturated carbocycles. The van der Waals surface area contributed by atoms with Crippen molar-refractivity contribution in [3.63, 3.8) is 0 Å². The van der Waals surface area contributed by atoms with Gasteiger partial charge in [0.25, 0.3) is 5.89 Å². The summed E-state index contributed by atoms with van der Waals surface area (Å²) in [6.07, 6.45) is 1.91. The fourth-order valence-electron chi connectivity index (χ4n) is 3.21. The monoisotopic (exact) mass is 382 g/mol. The van der Waals surface area contributed by atoms with Gasteiger partial charge in [0.1, 0.15) is 0 Å². The Kier molecular flexibility index (Phi) is 4.53. The second kappa shape index (κ2) is 7.00. The summed E-state index contributed by atoms with van der Waals surface area (Å²) in [5.41, 5.74) is 0.829. The summed E-state index contributed by atoms with van der Waals surface area (Å²) >= 11 is 0. The number of carbonyl (C=O) groups excluding carboxylic acids is 1. The van der Waals surface area contributed by atoms with Crippen molar-refractivity contribution in [1.29, 1.82) is 0 Å². The number of likely N-dealkylation sites (tertiary alicyclic amines) is 1. The van der Waals surface area contributed by atoms with Crippen molar-refractivity contribution in [2.75, 3.05) is 13.1 Å². The maximum absolute atomic E-state index is 12.8. The van der Waals surface area contributed by atoms with E-state index in [1.54, 1.807) is 30.3 Å². The molecule has 3 aromatic rings. The molecule has 0 N–H and O–H groups in total. The van der Waals surface area contributed by atoms with Crippen LogP contribution in [-0.2, 0) is 9.84 Å². The minimum absolute atomic E-state index is 0.0217. The van der Waals surface area contributed by atoms with E-state index in [0.717, 1.165) is 5.56 Å². The number of nitrogens with zero attached hydrogens (tertiary/aromatic N) is 2. The molecule has 1 fully saturated rings.